The van der Waals surface area contributed by atoms with Crippen LogP contribution in [0.3, 0.4) is 0 Å². The smallest absolute Gasteiger partial charge is 0.251 e. The highest BCUT2D eigenvalue weighted by Crippen LogP contribution is 2.66. The summed E-state index contributed by atoms with van der Waals surface area (Å²) in [6.07, 6.45) is 7.33. The van der Waals surface area contributed by atoms with Crippen molar-refractivity contribution in [1.29, 1.82) is 0 Å². The molecule has 1 amide bonds. The molecule has 1 saturated carbocycles. The van der Waals surface area contributed by atoms with E-state index in [0.717, 1.165) is 55.0 Å². The first-order valence-corrected chi connectivity index (χ1v) is 13.5. The summed E-state index contributed by atoms with van der Waals surface area (Å²) in [4.78, 5) is 16.0. The van der Waals surface area contributed by atoms with E-state index in [4.69, 9.17) is 9.47 Å². The second-order valence-corrected chi connectivity index (χ2v) is 11.7. The molecule has 3 heterocycles. The standard InChI is InChI=1S/C30H36N2O3/c1-19-5-3-4-6-23(19)28(33)31-18-29-13-11-26(35-29)30-16-21-9-10-22(34-2)15-25(21)24(27(29)30)12-14-32(30)17-20-7-8-20/h3-6,9-10,15,20,24,26-27H,7-8,11-14,16-18H2,1-2H3,(H,31,33)/t24?,26?,27?,29-,30?/m0/s1. The van der Waals surface area contributed by atoms with Crippen LogP contribution >= 0.6 is 0 Å². The predicted octanol–water partition coefficient (Wildman–Crippen LogP) is 4.48. The zero-order valence-corrected chi connectivity index (χ0v) is 20.9. The van der Waals surface area contributed by atoms with Gasteiger partial charge in [-0.15, -0.1) is 0 Å². The van der Waals surface area contributed by atoms with E-state index in [2.05, 4.69) is 28.4 Å². The van der Waals surface area contributed by atoms with Crippen LogP contribution in [0, 0.1) is 18.8 Å². The Kier molecular flexibility index (Phi) is 4.88. The minimum atomic E-state index is -0.295. The molecule has 184 valence electrons. The van der Waals surface area contributed by atoms with Crippen LogP contribution in [0.15, 0.2) is 42.5 Å². The summed E-state index contributed by atoms with van der Waals surface area (Å²) in [5, 5.41) is 3.33. The fourth-order valence-electron chi connectivity index (χ4n) is 8.25. The fraction of sp³-hybridized carbons (Fsp3) is 0.567. The average Bonchev–Trinajstić information content (AvgIpc) is 3.52. The van der Waals surface area contributed by atoms with Crippen molar-refractivity contribution in [3.8, 4) is 5.75 Å². The number of methoxy groups -OCH3 is 1. The van der Waals surface area contributed by atoms with Crippen molar-refractivity contribution in [2.75, 3.05) is 26.7 Å². The summed E-state index contributed by atoms with van der Waals surface area (Å²) in [5.41, 5.74) is 4.47. The number of carbonyl (C=O) groups is 1. The largest absolute Gasteiger partial charge is 0.497 e. The maximum atomic E-state index is 13.2. The van der Waals surface area contributed by atoms with Gasteiger partial charge in [0.05, 0.1) is 24.4 Å². The van der Waals surface area contributed by atoms with Gasteiger partial charge in [-0.25, -0.2) is 0 Å². The molecule has 2 aromatic rings. The number of rotatable bonds is 6. The van der Waals surface area contributed by atoms with Gasteiger partial charge in [0.2, 0.25) is 0 Å². The van der Waals surface area contributed by atoms with Gasteiger partial charge >= 0.3 is 0 Å². The number of benzene rings is 2. The number of hydrogen-bond acceptors (Lipinski definition) is 4. The number of hydrogen-bond donors (Lipinski definition) is 1. The molecular formula is C30H36N2O3. The van der Waals surface area contributed by atoms with Crippen molar-refractivity contribution in [2.45, 2.75) is 68.6 Å². The van der Waals surface area contributed by atoms with Gasteiger partial charge < -0.3 is 14.8 Å². The maximum absolute atomic E-state index is 13.2. The fourth-order valence-corrected chi connectivity index (χ4v) is 8.25. The molecule has 5 heteroatoms. The van der Waals surface area contributed by atoms with Crippen molar-refractivity contribution in [1.82, 2.24) is 10.2 Å². The molecule has 35 heavy (non-hydrogen) atoms. The Hall–Kier alpha value is -2.37. The van der Waals surface area contributed by atoms with Crippen molar-refractivity contribution in [2.24, 2.45) is 11.8 Å². The molecule has 5 atom stereocenters. The lowest BCUT2D eigenvalue weighted by Gasteiger charge is -2.60. The monoisotopic (exact) mass is 472 g/mol. The van der Waals surface area contributed by atoms with Crippen LogP contribution in [-0.2, 0) is 11.2 Å². The van der Waals surface area contributed by atoms with Gasteiger partial charge in [0.15, 0.2) is 0 Å². The first-order chi connectivity index (χ1) is 17.0. The van der Waals surface area contributed by atoms with Crippen LogP contribution in [0.2, 0.25) is 0 Å². The van der Waals surface area contributed by atoms with Crippen LogP contribution in [0.1, 0.15) is 65.1 Å². The highest BCUT2D eigenvalue weighted by atomic mass is 16.5. The Labute approximate surface area is 208 Å². The second kappa shape index (κ2) is 7.81. The van der Waals surface area contributed by atoms with Crippen molar-refractivity contribution < 1.29 is 14.3 Å². The summed E-state index contributed by atoms with van der Waals surface area (Å²) in [5.74, 6) is 2.67. The molecule has 4 unspecified atom stereocenters. The summed E-state index contributed by atoms with van der Waals surface area (Å²) in [6.45, 7) is 4.96. The lowest BCUT2D eigenvalue weighted by atomic mass is 9.52. The molecule has 2 aromatic carbocycles. The molecular weight excluding hydrogens is 436 g/mol. The van der Waals surface area contributed by atoms with Gasteiger partial charge in [-0.3, -0.25) is 9.69 Å². The molecule has 0 spiro atoms. The predicted molar refractivity (Wildman–Crippen MR) is 135 cm³/mol. The van der Waals surface area contributed by atoms with E-state index in [0.29, 0.717) is 18.4 Å². The summed E-state index contributed by atoms with van der Waals surface area (Å²) in [6, 6.07) is 14.6. The third-order valence-electron chi connectivity index (χ3n) is 9.91. The normalized spacial score (nSPS) is 34.9. The molecule has 2 aliphatic carbocycles. The minimum absolute atomic E-state index is 0.0170. The minimum Gasteiger partial charge on any atom is -0.497 e. The summed E-state index contributed by atoms with van der Waals surface area (Å²) in [7, 11) is 1.76. The van der Waals surface area contributed by atoms with Crippen molar-refractivity contribution in [3.05, 3.63) is 64.7 Å². The lowest BCUT2D eigenvalue weighted by Crippen LogP contribution is -2.70. The molecule has 0 radical (unpaired) electrons. The first kappa shape index (κ1) is 21.9. The van der Waals surface area contributed by atoms with Crippen LogP contribution in [0.4, 0.5) is 0 Å². The number of piperidine rings is 1. The molecule has 3 aliphatic heterocycles. The van der Waals surface area contributed by atoms with E-state index in [-0.39, 0.29) is 23.2 Å². The number of fused-ring (bicyclic) bond motifs is 4. The van der Waals surface area contributed by atoms with Crippen LogP contribution in [-0.4, -0.2) is 54.8 Å². The SMILES string of the molecule is COc1ccc2c(c1)C1CCN(CC3CC3)C3(C2)C2CC[C@@](CNC(=O)c4ccccc4C)(O2)C13. The Morgan fingerprint density at radius 3 is 2.83 bits per heavy atom. The van der Waals surface area contributed by atoms with Crippen molar-refractivity contribution in [3.63, 3.8) is 0 Å². The zero-order valence-electron chi connectivity index (χ0n) is 20.9. The number of amides is 1. The molecule has 3 saturated heterocycles. The first-order valence-electron chi connectivity index (χ1n) is 13.5. The van der Waals surface area contributed by atoms with Crippen molar-refractivity contribution >= 4 is 5.91 Å². The Balaban J connectivity index is 1.26. The third-order valence-corrected chi connectivity index (χ3v) is 9.91. The zero-order chi connectivity index (χ0) is 23.8. The molecule has 7 rings (SSSR count). The topological polar surface area (TPSA) is 50.8 Å². The Morgan fingerprint density at radius 2 is 2.03 bits per heavy atom. The Bertz CT molecular complexity index is 1180. The van der Waals surface area contributed by atoms with E-state index >= 15 is 0 Å². The number of carbonyl (C=O) groups excluding carboxylic acids is 1. The second-order valence-electron chi connectivity index (χ2n) is 11.7. The van der Waals surface area contributed by atoms with E-state index in [9.17, 15) is 4.79 Å². The van der Waals surface area contributed by atoms with Gasteiger partial charge in [-0.05, 0) is 98.7 Å². The molecule has 4 bridgehead atoms. The molecule has 4 fully saturated rings. The average molecular weight is 473 g/mol. The number of nitrogens with zero attached hydrogens (tertiary/aromatic N) is 1. The van der Waals surface area contributed by atoms with Gasteiger partial charge in [-0.1, -0.05) is 24.3 Å². The number of nitrogens with one attached hydrogen (secondary N) is 1. The maximum Gasteiger partial charge on any atom is 0.251 e. The Morgan fingerprint density at radius 1 is 1.17 bits per heavy atom. The molecule has 0 aromatic heterocycles. The van der Waals surface area contributed by atoms with Gasteiger partial charge in [0.1, 0.15) is 5.75 Å². The van der Waals surface area contributed by atoms with E-state index in [1.807, 2.05) is 31.2 Å². The highest BCUT2D eigenvalue weighted by Gasteiger charge is 2.73. The number of aryl methyl sites for hydroxylation is 1. The van der Waals surface area contributed by atoms with Crippen LogP contribution < -0.4 is 10.1 Å². The number of ether oxygens (including phenoxy) is 2. The van der Waals surface area contributed by atoms with E-state index in [1.165, 1.54) is 30.5 Å². The summed E-state index contributed by atoms with van der Waals surface area (Å²) < 4.78 is 12.7. The molecule has 1 N–H and O–H groups in total. The van der Waals surface area contributed by atoms with Crippen LogP contribution in [0.5, 0.6) is 5.75 Å². The summed E-state index contributed by atoms with van der Waals surface area (Å²) >= 11 is 0. The van der Waals surface area contributed by atoms with E-state index in [1.54, 1.807) is 7.11 Å². The highest BCUT2D eigenvalue weighted by molar-refractivity contribution is 5.95. The third kappa shape index (κ3) is 3.17. The van der Waals surface area contributed by atoms with Gasteiger partial charge in [0.25, 0.3) is 5.91 Å². The van der Waals surface area contributed by atoms with Gasteiger partial charge in [0, 0.05) is 24.6 Å². The van der Waals surface area contributed by atoms with Crippen LogP contribution in [0.25, 0.3) is 0 Å². The molecule has 5 nitrogen and oxygen atoms in total. The lowest BCUT2D eigenvalue weighted by molar-refractivity contribution is -0.0545. The number of likely N-dealkylation sites (tertiary alicyclic amines) is 1. The molecule has 5 aliphatic rings. The van der Waals surface area contributed by atoms with Gasteiger partial charge in [-0.2, -0.15) is 0 Å². The quantitative estimate of drug-likeness (QED) is 0.674. The van der Waals surface area contributed by atoms with E-state index < -0.39 is 0 Å².